The number of thiophene rings is 1. The van der Waals surface area contributed by atoms with E-state index in [4.69, 9.17) is 15.2 Å². The van der Waals surface area contributed by atoms with Crippen LogP contribution in [0.3, 0.4) is 0 Å². The van der Waals surface area contributed by atoms with E-state index in [0.29, 0.717) is 22.5 Å². The molecule has 7 nitrogen and oxygen atoms in total. The van der Waals surface area contributed by atoms with Gasteiger partial charge in [0.05, 0.1) is 5.69 Å². The van der Waals surface area contributed by atoms with Crippen molar-refractivity contribution in [2.24, 2.45) is 0 Å². The monoisotopic (exact) mass is 370 g/mol. The fraction of sp³-hybridized carbons (Fsp3) is 0.444. The van der Waals surface area contributed by atoms with Gasteiger partial charge in [-0.1, -0.05) is 6.42 Å². The van der Waals surface area contributed by atoms with Crippen LogP contribution in [0.25, 0.3) is 10.2 Å². The summed E-state index contributed by atoms with van der Waals surface area (Å²) in [5, 5.41) is 7.58. The molecule has 2 aliphatic carbocycles. The Bertz CT molecular complexity index is 1000. The minimum atomic E-state index is -0.278. The van der Waals surface area contributed by atoms with Crippen LogP contribution < -0.4 is 15.7 Å². The average molecular weight is 370 g/mol. The molecule has 0 bridgehead atoms. The third kappa shape index (κ3) is 2.74. The van der Waals surface area contributed by atoms with E-state index < -0.39 is 0 Å². The topological polar surface area (TPSA) is 97.9 Å². The first kappa shape index (κ1) is 15.7. The smallest absolute Gasteiger partial charge is 0.302 e. The highest BCUT2D eigenvalue weighted by molar-refractivity contribution is 7.21. The van der Waals surface area contributed by atoms with Gasteiger partial charge in [-0.3, -0.25) is 14.6 Å². The van der Waals surface area contributed by atoms with Crippen molar-refractivity contribution in [3.8, 4) is 0 Å². The molecule has 5 rings (SSSR count). The second-order valence-corrected chi connectivity index (χ2v) is 8.08. The van der Waals surface area contributed by atoms with Gasteiger partial charge in [0.1, 0.15) is 9.71 Å². The van der Waals surface area contributed by atoms with Gasteiger partial charge in [-0.05, 0) is 42.0 Å². The molecule has 1 fully saturated rings. The predicted molar refractivity (Wildman–Crippen MR) is 98.2 cm³/mol. The Morgan fingerprint density at radius 2 is 2.15 bits per heavy atom. The van der Waals surface area contributed by atoms with Crippen molar-refractivity contribution in [1.82, 2.24) is 10.3 Å². The Morgan fingerprint density at radius 1 is 1.31 bits per heavy atom. The number of rotatable bonds is 3. The van der Waals surface area contributed by atoms with Gasteiger partial charge in [-0.2, -0.15) is 0 Å². The molecule has 8 heteroatoms. The molecule has 1 saturated carbocycles. The van der Waals surface area contributed by atoms with Gasteiger partial charge in [-0.15, -0.1) is 11.3 Å². The fourth-order valence-electron chi connectivity index (χ4n) is 3.50. The second kappa shape index (κ2) is 6.05. The van der Waals surface area contributed by atoms with Crippen molar-refractivity contribution in [3.05, 3.63) is 28.4 Å². The number of carbonyl (C=O) groups is 1. The fourth-order valence-corrected chi connectivity index (χ4v) is 4.49. The first-order valence-corrected chi connectivity index (χ1v) is 9.91. The van der Waals surface area contributed by atoms with Gasteiger partial charge in [0, 0.05) is 23.9 Å². The van der Waals surface area contributed by atoms with E-state index in [2.05, 4.69) is 16.7 Å². The summed E-state index contributed by atoms with van der Waals surface area (Å²) in [6.45, 7) is 0. The lowest BCUT2D eigenvalue weighted by molar-refractivity contribution is -0.765. The first-order valence-electron chi connectivity index (χ1n) is 9.09. The number of aryl methyl sites for hydroxylation is 2. The zero-order valence-corrected chi connectivity index (χ0v) is 15.1. The summed E-state index contributed by atoms with van der Waals surface area (Å²) in [5.41, 5.74) is 9.21. The van der Waals surface area contributed by atoms with Gasteiger partial charge in [0.2, 0.25) is 5.27 Å². The Labute approximate surface area is 154 Å². The standard InChI is InChI=1S/C18H19N5O2S/c19-15-12-8-10-4-2-1-3-5-13(10)20-18(12)26-16(15)17(24)21-14-9-23(22-25-14)11-6-7-11/h8-9,11H,1-7H2,(H2-,19,21,22,24)/p+1. The number of fused-ring (bicyclic) bond motifs is 2. The molecule has 0 atom stereocenters. The van der Waals surface area contributed by atoms with Gasteiger partial charge in [0.15, 0.2) is 6.04 Å². The zero-order chi connectivity index (χ0) is 17.7. The van der Waals surface area contributed by atoms with Crippen molar-refractivity contribution in [1.29, 1.82) is 0 Å². The summed E-state index contributed by atoms with van der Waals surface area (Å²) in [4.78, 5) is 18.8. The van der Waals surface area contributed by atoms with E-state index >= 15 is 0 Å². The molecule has 0 spiro atoms. The van der Waals surface area contributed by atoms with E-state index in [-0.39, 0.29) is 5.91 Å². The molecule has 1 amide bonds. The number of nitrogens with one attached hydrogen (secondary N) is 1. The van der Waals surface area contributed by atoms with E-state index in [9.17, 15) is 4.79 Å². The predicted octanol–water partition coefficient (Wildman–Crippen LogP) is 3.01. The van der Waals surface area contributed by atoms with Crippen LogP contribution in [0.4, 0.5) is 11.6 Å². The normalized spacial score (nSPS) is 17.1. The number of pyridine rings is 1. The number of hydrogen-bond acceptors (Lipinski definition) is 6. The van der Waals surface area contributed by atoms with Crippen LogP contribution in [0, 0.1) is 0 Å². The maximum Gasteiger partial charge on any atom is 0.302 e. The van der Waals surface area contributed by atoms with Crippen LogP contribution in [-0.2, 0) is 12.8 Å². The van der Waals surface area contributed by atoms with Crippen LogP contribution in [0.1, 0.15) is 59.1 Å². The van der Waals surface area contributed by atoms with E-state index in [1.54, 1.807) is 10.9 Å². The summed E-state index contributed by atoms with van der Waals surface area (Å²) in [6.07, 6.45) is 9.56. The third-order valence-electron chi connectivity index (χ3n) is 5.10. The maximum absolute atomic E-state index is 12.7. The maximum atomic E-state index is 12.7. The highest BCUT2D eigenvalue weighted by atomic mass is 32.1. The van der Waals surface area contributed by atoms with Crippen molar-refractivity contribution < 1.29 is 14.0 Å². The number of amides is 1. The minimum Gasteiger partial charge on any atom is -0.397 e. The van der Waals surface area contributed by atoms with Gasteiger partial charge >= 0.3 is 5.88 Å². The molecule has 0 aliphatic heterocycles. The second-order valence-electron chi connectivity index (χ2n) is 7.08. The minimum absolute atomic E-state index is 0.278. The number of nitrogens with zero attached hydrogens (tertiary/aromatic N) is 3. The zero-order valence-electron chi connectivity index (χ0n) is 14.3. The number of anilines is 2. The van der Waals surface area contributed by atoms with Crippen LogP contribution in [0.5, 0.6) is 0 Å². The molecule has 3 heterocycles. The Kier molecular flexibility index (Phi) is 3.66. The third-order valence-corrected chi connectivity index (χ3v) is 6.21. The lowest BCUT2D eigenvalue weighted by Gasteiger charge is -2.04. The highest BCUT2D eigenvalue weighted by Gasteiger charge is 2.36. The molecular formula is C18H20N5O2S+. The molecule has 0 aromatic carbocycles. The SMILES string of the molecule is Nc1c(C(=O)Nc2c[n+](C3CC3)no2)sc2nc3c(cc12)CCCCC3. The van der Waals surface area contributed by atoms with Crippen LogP contribution >= 0.6 is 11.3 Å². The number of aromatic nitrogens is 3. The van der Waals surface area contributed by atoms with Crippen molar-refractivity contribution >= 4 is 39.0 Å². The molecule has 26 heavy (non-hydrogen) atoms. The summed E-state index contributed by atoms with van der Waals surface area (Å²) < 4.78 is 6.95. The average Bonchev–Trinajstić information content (AvgIpc) is 3.36. The number of nitrogen functional groups attached to an aromatic ring is 1. The first-order chi connectivity index (χ1) is 12.7. The van der Waals surface area contributed by atoms with Crippen LogP contribution in [0.2, 0.25) is 0 Å². The van der Waals surface area contributed by atoms with E-state index in [1.165, 1.54) is 36.2 Å². The molecule has 3 aromatic heterocycles. The molecule has 3 aromatic rings. The van der Waals surface area contributed by atoms with Gasteiger partial charge in [-0.25, -0.2) is 4.98 Å². The van der Waals surface area contributed by atoms with Gasteiger partial charge < -0.3 is 5.73 Å². The van der Waals surface area contributed by atoms with Crippen LogP contribution in [-0.4, -0.2) is 16.2 Å². The van der Waals surface area contributed by atoms with Crippen LogP contribution in [0.15, 0.2) is 16.8 Å². The molecule has 0 unspecified atom stereocenters. The summed E-state index contributed by atoms with van der Waals surface area (Å²) in [5.74, 6) is 0.0577. The highest BCUT2D eigenvalue weighted by Crippen LogP contribution is 2.35. The molecule has 0 saturated heterocycles. The largest absolute Gasteiger partial charge is 0.397 e. The van der Waals surface area contributed by atoms with Crippen molar-refractivity contribution in [3.63, 3.8) is 0 Å². The van der Waals surface area contributed by atoms with E-state index in [0.717, 1.165) is 41.6 Å². The number of nitrogens with two attached hydrogens (primary N) is 1. The Hall–Kier alpha value is -2.48. The summed E-state index contributed by atoms with van der Waals surface area (Å²) in [7, 11) is 0. The molecule has 3 N–H and O–H groups in total. The van der Waals surface area contributed by atoms with Crippen molar-refractivity contribution in [2.75, 3.05) is 11.1 Å². The summed E-state index contributed by atoms with van der Waals surface area (Å²) >= 11 is 1.34. The molecular weight excluding hydrogens is 350 g/mol. The van der Waals surface area contributed by atoms with Crippen molar-refractivity contribution in [2.45, 2.75) is 51.0 Å². The lowest BCUT2D eigenvalue weighted by Crippen LogP contribution is -2.32. The number of hydrogen-bond donors (Lipinski definition) is 2. The summed E-state index contributed by atoms with van der Waals surface area (Å²) in [6, 6.07) is 2.53. The van der Waals surface area contributed by atoms with E-state index in [1.807, 2.05) is 0 Å². The lowest BCUT2D eigenvalue weighted by atomic mass is 10.1. The Morgan fingerprint density at radius 3 is 3.00 bits per heavy atom. The van der Waals surface area contributed by atoms with Gasteiger partial charge in [0.25, 0.3) is 12.1 Å². The molecule has 2 aliphatic rings. The number of carbonyl (C=O) groups excluding carboxylic acids is 1. The molecule has 0 radical (unpaired) electrons. The quantitative estimate of drug-likeness (QED) is 0.545. The molecule has 134 valence electrons. The Balaban J connectivity index is 1.45.